The average Bonchev–Trinajstić information content (AvgIpc) is 3.00. The molecule has 98 valence electrons. The molecule has 0 radical (unpaired) electrons. The fraction of sp³-hybridized carbons (Fsp3) is 0.154. The van der Waals surface area contributed by atoms with Gasteiger partial charge in [-0.1, -0.05) is 23.2 Å². The number of benzene rings is 1. The Morgan fingerprint density at radius 2 is 2.00 bits per heavy atom. The summed E-state index contributed by atoms with van der Waals surface area (Å²) in [6.07, 6.45) is 3.33. The molecule has 0 amide bonds. The zero-order valence-electron chi connectivity index (χ0n) is 9.74. The van der Waals surface area contributed by atoms with Gasteiger partial charge >= 0.3 is 0 Å². The molecule has 0 N–H and O–H groups in total. The first kappa shape index (κ1) is 12.9. The van der Waals surface area contributed by atoms with E-state index in [4.69, 9.17) is 39.2 Å². The Hall–Kier alpha value is -1.16. The quantitative estimate of drug-likeness (QED) is 0.655. The van der Waals surface area contributed by atoms with E-state index in [2.05, 4.69) is 4.98 Å². The van der Waals surface area contributed by atoms with Gasteiger partial charge in [-0.2, -0.15) is 0 Å². The van der Waals surface area contributed by atoms with Gasteiger partial charge in [0.25, 0.3) is 0 Å². The van der Waals surface area contributed by atoms with Crippen molar-refractivity contribution >= 4 is 45.8 Å². The van der Waals surface area contributed by atoms with Crippen LogP contribution in [0.15, 0.2) is 35.1 Å². The molecule has 6 heteroatoms. The van der Waals surface area contributed by atoms with Gasteiger partial charge in [-0.05, 0) is 18.2 Å². The van der Waals surface area contributed by atoms with E-state index in [0.29, 0.717) is 22.5 Å². The molecular weight excluding hydrogens is 307 g/mol. The average molecular weight is 316 g/mol. The molecule has 0 fully saturated rings. The molecule has 0 saturated heterocycles. The van der Waals surface area contributed by atoms with E-state index in [1.807, 2.05) is 16.7 Å². The van der Waals surface area contributed by atoms with E-state index in [0.717, 1.165) is 22.4 Å². The van der Waals surface area contributed by atoms with Gasteiger partial charge < -0.3 is 8.98 Å². The molecule has 1 aromatic carbocycles. The predicted octanol–water partition coefficient (Wildman–Crippen LogP) is 4.72. The second-order valence-corrected chi connectivity index (χ2v) is 5.22. The van der Waals surface area contributed by atoms with E-state index < -0.39 is 0 Å². The normalized spacial score (nSPS) is 11.3. The Balaban J connectivity index is 2.17. The standard InChI is InChI=1S/C13H9Cl3N2O/c14-5-13-17-11-3-9(15)10(16)4-12(11)18(13)6-8-1-2-19-7-8/h1-4,7H,5-6H2. The van der Waals surface area contributed by atoms with Crippen LogP contribution in [0.4, 0.5) is 0 Å². The lowest BCUT2D eigenvalue weighted by Crippen LogP contribution is -2.02. The zero-order chi connectivity index (χ0) is 13.4. The Morgan fingerprint density at radius 1 is 1.21 bits per heavy atom. The van der Waals surface area contributed by atoms with Crippen molar-refractivity contribution in [2.75, 3.05) is 0 Å². The molecule has 0 bridgehead atoms. The molecule has 2 heterocycles. The van der Waals surface area contributed by atoms with Crippen molar-refractivity contribution in [2.45, 2.75) is 12.4 Å². The molecule has 0 atom stereocenters. The summed E-state index contributed by atoms with van der Waals surface area (Å²) in [6.45, 7) is 0.632. The van der Waals surface area contributed by atoms with Gasteiger partial charge in [0.2, 0.25) is 0 Å². The number of nitrogens with zero attached hydrogens (tertiary/aromatic N) is 2. The highest BCUT2D eigenvalue weighted by Gasteiger charge is 2.13. The minimum absolute atomic E-state index is 0.321. The van der Waals surface area contributed by atoms with Crippen molar-refractivity contribution < 1.29 is 4.42 Å². The van der Waals surface area contributed by atoms with Crippen LogP contribution in [0, 0.1) is 0 Å². The maximum Gasteiger partial charge on any atom is 0.125 e. The summed E-state index contributed by atoms with van der Waals surface area (Å²) < 4.78 is 7.09. The number of hydrogen-bond acceptors (Lipinski definition) is 2. The molecule has 0 aliphatic rings. The van der Waals surface area contributed by atoms with Crippen molar-refractivity contribution in [3.63, 3.8) is 0 Å². The molecule has 0 saturated carbocycles. The number of rotatable bonds is 3. The lowest BCUT2D eigenvalue weighted by molar-refractivity contribution is 0.562. The lowest BCUT2D eigenvalue weighted by atomic mass is 10.3. The van der Waals surface area contributed by atoms with Gasteiger partial charge in [0.1, 0.15) is 5.82 Å². The number of hydrogen-bond donors (Lipinski definition) is 0. The van der Waals surface area contributed by atoms with Gasteiger partial charge in [-0.15, -0.1) is 11.6 Å². The van der Waals surface area contributed by atoms with E-state index in [-0.39, 0.29) is 0 Å². The van der Waals surface area contributed by atoms with Crippen LogP contribution in [0.3, 0.4) is 0 Å². The fourth-order valence-corrected chi connectivity index (χ4v) is 2.53. The van der Waals surface area contributed by atoms with Crippen LogP contribution < -0.4 is 0 Å². The van der Waals surface area contributed by atoms with Crippen LogP contribution in [-0.2, 0) is 12.4 Å². The van der Waals surface area contributed by atoms with Crippen molar-refractivity contribution in [3.8, 4) is 0 Å². The van der Waals surface area contributed by atoms with Crippen molar-refractivity contribution in [1.82, 2.24) is 9.55 Å². The van der Waals surface area contributed by atoms with Gasteiger partial charge in [0, 0.05) is 5.56 Å². The minimum atomic E-state index is 0.321. The number of halogens is 3. The third-order valence-corrected chi connectivity index (χ3v) is 3.87. The lowest BCUT2D eigenvalue weighted by Gasteiger charge is -2.06. The summed E-state index contributed by atoms with van der Waals surface area (Å²) in [5.74, 6) is 1.10. The third kappa shape index (κ3) is 2.34. The Labute approximate surface area is 124 Å². The van der Waals surface area contributed by atoms with E-state index in [1.54, 1.807) is 18.6 Å². The van der Waals surface area contributed by atoms with Crippen LogP contribution in [0.5, 0.6) is 0 Å². The summed E-state index contributed by atoms with van der Waals surface area (Å²) in [5.41, 5.74) is 2.73. The summed E-state index contributed by atoms with van der Waals surface area (Å²) in [7, 11) is 0. The summed E-state index contributed by atoms with van der Waals surface area (Å²) >= 11 is 18.0. The fourth-order valence-electron chi connectivity index (χ4n) is 2.01. The Bertz CT molecular complexity index is 719. The number of alkyl halides is 1. The topological polar surface area (TPSA) is 31.0 Å². The van der Waals surface area contributed by atoms with Gasteiger partial charge in [-0.25, -0.2) is 4.98 Å². The van der Waals surface area contributed by atoms with E-state index in [9.17, 15) is 0 Å². The molecule has 0 aliphatic carbocycles. The van der Waals surface area contributed by atoms with Gasteiger partial charge in [0.15, 0.2) is 0 Å². The number of aromatic nitrogens is 2. The SMILES string of the molecule is ClCc1nc2cc(Cl)c(Cl)cc2n1Cc1ccoc1. The first-order valence-corrected chi connectivity index (χ1v) is 6.89. The summed E-state index contributed by atoms with van der Waals surface area (Å²) in [4.78, 5) is 4.47. The predicted molar refractivity (Wildman–Crippen MR) is 77.1 cm³/mol. The largest absolute Gasteiger partial charge is 0.472 e. The van der Waals surface area contributed by atoms with Crippen molar-refractivity contribution in [3.05, 3.63) is 52.2 Å². The van der Waals surface area contributed by atoms with Crippen molar-refractivity contribution in [1.29, 1.82) is 0 Å². The number of furan rings is 1. The number of fused-ring (bicyclic) bond motifs is 1. The van der Waals surface area contributed by atoms with E-state index >= 15 is 0 Å². The number of imidazole rings is 1. The molecule has 0 unspecified atom stereocenters. The summed E-state index contributed by atoms with van der Waals surface area (Å²) in [5, 5.41) is 0.992. The molecule has 0 aliphatic heterocycles. The Morgan fingerprint density at radius 3 is 2.68 bits per heavy atom. The second-order valence-electron chi connectivity index (χ2n) is 4.13. The van der Waals surface area contributed by atoms with Crippen LogP contribution in [0.1, 0.15) is 11.4 Å². The third-order valence-electron chi connectivity index (χ3n) is 2.91. The smallest absolute Gasteiger partial charge is 0.125 e. The van der Waals surface area contributed by atoms with Crippen LogP contribution >= 0.6 is 34.8 Å². The molecule has 3 aromatic rings. The van der Waals surface area contributed by atoms with E-state index in [1.165, 1.54) is 0 Å². The first-order valence-electron chi connectivity index (χ1n) is 5.60. The highest BCUT2D eigenvalue weighted by Crippen LogP contribution is 2.29. The van der Waals surface area contributed by atoms with Gasteiger partial charge in [0.05, 0.1) is 46.0 Å². The summed E-state index contributed by atoms with van der Waals surface area (Å²) in [6, 6.07) is 5.46. The van der Waals surface area contributed by atoms with Crippen molar-refractivity contribution in [2.24, 2.45) is 0 Å². The minimum Gasteiger partial charge on any atom is -0.472 e. The highest BCUT2D eigenvalue weighted by atomic mass is 35.5. The maximum atomic E-state index is 6.07. The van der Waals surface area contributed by atoms with Gasteiger partial charge in [-0.3, -0.25) is 0 Å². The Kier molecular flexibility index (Phi) is 3.44. The molecule has 3 rings (SSSR count). The van der Waals surface area contributed by atoms with Crippen LogP contribution in [-0.4, -0.2) is 9.55 Å². The first-order chi connectivity index (χ1) is 9.19. The second kappa shape index (κ2) is 5.08. The molecule has 19 heavy (non-hydrogen) atoms. The van der Waals surface area contributed by atoms with Crippen LogP contribution in [0.25, 0.3) is 11.0 Å². The molecule has 3 nitrogen and oxygen atoms in total. The van der Waals surface area contributed by atoms with Crippen LogP contribution in [0.2, 0.25) is 10.0 Å². The monoisotopic (exact) mass is 314 g/mol. The maximum absolute atomic E-state index is 6.07. The molecule has 2 aromatic heterocycles. The molecule has 0 spiro atoms. The zero-order valence-corrected chi connectivity index (χ0v) is 12.0. The highest BCUT2D eigenvalue weighted by molar-refractivity contribution is 6.42. The molecular formula is C13H9Cl3N2O.